The summed E-state index contributed by atoms with van der Waals surface area (Å²) >= 11 is 3.44. The van der Waals surface area contributed by atoms with Crippen LogP contribution in [0.25, 0.3) is 11.3 Å². The van der Waals surface area contributed by atoms with Gasteiger partial charge in [0.15, 0.2) is 0 Å². The molecule has 0 spiro atoms. The maximum absolute atomic E-state index is 12.2. The SMILES string of the molecule is CC(C)(C)OC(=O)NC1(c2ncc(-c3ccc(Br)cc3)[nH]2)CCC1. The number of ether oxygens (including phenoxy) is 1. The molecule has 1 aliphatic rings. The van der Waals surface area contributed by atoms with Crippen molar-refractivity contribution in [2.75, 3.05) is 0 Å². The Balaban J connectivity index is 1.79. The van der Waals surface area contributed by atoms with E-state index < -0.39 is 17.2 Å². The number of aromatic nitrogens is 2. The van der Waals surface area contributed by atoms with Crippen LogP contribution in [-0.2, 0) is 10.3 Å². The monoisotopic (exact) mass is 391 g/mol. The minimum absolute atomic E-state index is 0.399. The Hall–Kier alpha value is -1.82. The molecule has 2 aromatic rings. The van der Waals surface area contributed by atoms with E-state index in [4.69, 9.17) is 4.74 Å². The van der Waals surface area contributed by atoms with E-state index in [0.717, 1.165) is 40.8 Å². The van der Waals surface area contributed by atoms with Crippen LogP contribution < -0.4 is 5.32 Å². The van der Waals surface area contributed by atoms with E-state index >= 15 is 0 Å². The van der Waals surface area contributed by atoms with Gasteiger partial charge in [-0.15, -0.1) is 0 Å². The van der Waals surface area contributed by atoms with E-state index in [0.29, 0.717) is 0 Å². The highest BCUT2D eigenvalue weighted by molar-refractivity contribution is 9.10. The van der Waals surface area contributed by atoms with Gasteiger partial charge in [0.25, 0.3) is 0 Å². The molecule has 0 bridgehead atoms. The number of alkyl carbamates (subject to hydrolysis) is 1. The van der Waals surface area contributed by atoms with E-state index in [1.165, 1.54) is 0 Å². The Morgan fingerprint density at radius 2 is 1.96 bits per heavy atom. The predicted molar refractivity (Wildman–Crippen MR) is 96.6 cm³/mol. The van der Waals surface area contributed by atoms with Crippen molar-refractivity contribution in [3.05, 3.63) is 40.8 Å². The lowest BCUT2D eigenvalue weighted by molar-refractivity contribution is 0.0366. The largest absolute Gasteiger partial charge is 0.444 e. The molecule has 1 aromatic carbocycles. The van der Waals surface area contributed by atoms with Gasteiger partial charge in [-0.05, 0) is 57.7 Å². The second-order valence-electron chi connectivity index (χ2n) is 7.21. The van der Waals surface area contributed by atoms with Gasteiger partial charge in [-0.3, -0.25) is 0 Å². The standard InChI is InChI=1S/C18H22BrN3O2/c1-17(2,3)24-16(23)22-18(9-4-10-18)15-20-11-14(21-15)12-5-7-13(19)8-6-12/h5-8,11H,4,9-10H2,1-3H3,(H,20,21)(H,22,23). The van der Waals surface area contributed by atoms with Crippen molar-refractivity contribution in [1.82, 2.24) is 15.3 Å². The van der Waals surface area contributed by atoms with Crippen LogP contribution in [0.3, 0.4) is 0 Å². The van der Waals surface area contributed by atoms with Crippen LogP contribution in [0, 0.1) is 0 Å². The molecule has 1 amide bonds. The number of carbonyl (C=O) groups is 1. The fourth-order valence-corrected chi connectivity index (χ4v) is 3.06. The zero-order chi connectivity index (χ0) is 17.4. The summed E-state index contributed by atoms with van der Waals surface area (Å²) in [5, 5.41) is 3.01. The second kappa shape index (κ2) is 6.24. The highest BCUT2D eigenvalue weighted by atomic mass is 79.9. The van der Waals surface area contributed by atoms with Crippen molar-refractivity contribution in [1.29, 1.82) is 0 Å². The quantitative estimate of drug-likeness (QED) is 0.793. The summed E-state index contributed by atoms with van der Waals surface area (Å²) in [5.74, 6) is 0.789. The summed E-state index contributed by atoms with van der Waals surface area (Å²) in [6.45, 7) is 5.58. The van der Waals surface area contributed by atoms with Crippen LogP contribution in [0.1, 0.15) is 45.9 Å². The van der Waals surface area contributed by atoms with E-state index in [1.54, 1.807) is 0 Å². The first-order chi connectivity index (χ1) is 11.3. The highest BCUT2D eigenvalue weighted by Gasteiger charge is 2.43. The summed E-state index contributed by atoms with van der Waals surface area (Å²) in [4.78, 5) is 20.1. The van der Waals surface area contributed by atoms with E-state index in [2.05, 4.69) is 31.2 Å². The van der Waals surface area contributed by atoms with Crippen LogP contribution in [-0.4, -0.2) is 21.7 Å². The first kappa shape index (κ1) is 17.0. The van der Waals surface area contributed by atoms with Gasteiger partial charge in [0.05, 0.1) is 11.9 Å². The maximum atomic E-state index is 12.2. The number of imidazole rings is 1. The van der Waals surface area contributed by atoms with E-state index in [1.807, 2.05) is 51.2 Å². The number of aromatic amines is 1. The summed E-state index contributed by atoms with van der Waals surface area (Å²) in [5.41, 5.74) is 1.04. The van der Waals surface area contributed by atoms with Gasteiger partial charge in [0.1, 0.15) is 17.0 Å². The molecule has 5 nitrogen and oxygen atoms in total. The highest BCUT2D eigenvalue weighted by Crippen LogP contribution is 2.40. The zero-order valence-corrected chi connectivity index (χ0v) is 15.7. The molecule has 0 saturated heterocycles. The summed E-state index contributed by atoms with van der Waals surface area (Å²) in [6.07, 6.45) is 4.20. The number of hydrogen-bond acceptors (Lipinski definition) is 3. The molecule has 128 valence electrons. The zero-order valence-electron chi connectivity index (χ0n) is 14.1. The van der Waals surface area contributed by atoms with Crippen molar-refractivity contribution >= 4 is 22.0 Å². The van der Waals surface area contributed by atoms with Crippen LogP contribution in [0.15, 0.2) is 34.9 Å². The molecule has 6 heteroatoms. The maximum Gasteiger partial charge on any atom is 0.408 e. The van der Waals surface area contributed by atoms with Crippen LogP contribution in [0.4, 0.5) is 4.79 Å². The Bertz CT molecular complexity index is 727. The van der Waals surface area contributed by atoms with Crippen molar-refractivity contribution in [3.63, 3.8) is 0 Å². The molecule has 0 aliphatic heterocycles. The van der Waals surface area contributed by atoms with E-state index in [-0.39, 0.29) is 0 Å². The molecule has 24 heavy (non-hydrogen) atoms. The molecule has 0 unspecified atom stereocenters. The van der Waals surface area contributed by atoms with Crippen molar-refractivity contribution < 1.29 is 9.53 Å². The first-order valence-corrected chi connectivity index (χ1v) is 8.89. The first-order valence-electron chi connectivity index (χ1n) is 8.10. The lowest BCUT2D eigenvalue weighted by atomic mass is 9.76. The molecule has 1 fully saturated rings. The van der Waals surface area contributed by atoms with Gasteiger partial charge in [-0.25, -0.2) is 9.78 Å². The average molecular weight is 392 g/mol. The Kier molecular flexibility index (Phi) is 4.42. The molecule has 2 N–H and O–H groups in total. The average Bonchev–Trinajstić information content (AvgIpc) is 2.91. The smallest absolute Gasteiger partial charge is 0.408 e. The number of amides is 1. The van der Waals surface area contributed by atoms with Gasteiger partial charge in [-0.1, -0.05) is 28.1 Å². The number of hydrogen-bond donors (Lipinski definition) is 2. The fraction of sp³-hybridized carbons (Fsp3) is 0.444. The Labute approximate surface area is 150 Å². The number of nitrogens with one attached hydrogen (secondary N) is 2. The minimum Gasteiger partial charge on any atom is -0.444 e. The molecule has 1 saturated carbocycles. The third-order valence-electron chi connectivity index (χ3n) is 4.13. The van der Waals surface area contributed by atoms with Gasteiger partial charge in [-0.2, -0.15) is 0 Å². The molecule has 3 rings (SSSR count). The van der Waals surface area contributed by atoms with Crippen molar-refractivity contribution in [2.45, 2.75) is 51.2 Å². The summed E-state index contributed by atoms with van der Waals surface area (Å²) in [6, 6.07) is 8.04. The van der Waals surface area contributed by atoms with Gasteiger partial charge in [0.2, 0.25) is 0 Å². The second-order valence-corrected chi connectivity index (χ2v) is 8.13. The van der Waals surface area contributed by atoms with E-state index in [9.17, 15) is 4.79 Å². The minimum atomic E-state index is -0.513. The molecular weight excluding hydrogens is 370 g/mol. The molecular formula is C18H22BrN3O2. The fourth-order valence-electron chi connectivity index (χ4n) is 2.79. The Morgan fingerprint density at radius 3 is 2.50 bits per heavy atom. The number of benzene rings is 1. The van der Waals surface area contributed by atoms with Crippen LogP contribution in [0.5, 0.6) is 0 Å². The molecule has 1 aromatic heterocycles. The normalized spacial score (nSPS) is 16.3. The number of nitrogens with zero attached hydrogens (tertiary/aromatic N) is 1. The number of carbonyl (C=O) groups excluding carboxylic acids is 1. The molecule has 1 aliphatic carbocycles. The van der Waals surface area contributed by atoms with Gasteiger partial charge < -0.3 is 15.0 Å². The predicted octanol–water partition coefficient (Wildman–Crippen LogP) is 4.74. The lowest BCUT2D eigenvalue weighted by Crippen LogP contribution is -2.52. The number of rotatable bonds is 3. The van der Waals surface area contributed by atoms with Gasteiger partial charge >= 0.3 is 6.09 Å². The Morgan fingerprint density at radius 1 is 1.29 bits per heavy atom. The summed E-state index contributed by atoms with van der Waals surface area (Å²) in [7, 11) is 0. The summed E-state index contributed by atoms with van der Waals surface area (Å²) < 4.78 is 6.43. The van der Waals surface area contributed by atoms with Crippen molar-refractivity contribution in [2.24, 2.45) is 0 Å². The number of halogens is 1. The number of H-pyrrole nitrogens is 1. The molecule has 0 radical (unpaired) electrons. The lowest BCUT2D eigenvalue weighted by Gasteiger charge is -2.40. The van der Waals surface area contributed by atoms with Gasteiger partial charge in [0, 0.05) is 4.47 Å². The topological polar surface area (TPSA) is 67.0 Å². The third-order valence-corrected chi connectivity index (χ3v) is 4.66. The third kappa shape index (κ3) is 3.64. The van der Waals surface area contributed by atoms with Crippen LogP contribution >= 0.6 is 15.9 Å². The molecule has 1 heterocycles. The van der Waals surface area contributed by atoms with Crippen LogP contribution in [0.2, 0.25) is 0 Å². The van der Waals surface area contributed by atoms with Crippen molar-refractivity contribution in [3.8, 4) is 11.3 Å². The molecule has 0 atom stereocenters.